The van der Waals surface area contributed by atoms with E-state index in [0.717, 1.165) is 22.8 Å². The van der Waals surface area contributed by atoms with Crippen molar-refractivity contribution < 1.29 is 22.8 Å². The fourth-order valence-electron chi connectivity index (χ4n) is 3.43. The molecule has 0 spiro atoms. The van der Waals surface area contributed by atoms with E-state index >= 15 is 0 Å². The number of halogens is 3. The predicted molar refractivity (Wildman–Crippen MR) is 101 cm³/mol. The van der Waals surface area contributed by atoms with E-state index in [1.54, 1.807) is 0 Å². The minimum Gasteiger partial charge on any atom is -0.325 e. The van der Waals surface area contributed by atoms with Gasteiger partial charge in [0.2, 0.25) is 11.8 Å². The molecule has 2 atom stereocenters. The fourth-order valence-corrected chi connectivity index (χ4v) is 3.43. The van der Waals surface area contributed by atoms with Crippen LogP contribution in [0.1, 0.15) is 28.7 Å². The number of nitrogens with one attached hydrogen (secondary N) is 2. The minimum atomic E-state index is -4.56. The monoisotopic (exact) mass is 390 g/mol. The number of hydrogen-bond donors (Lipinski definition) is 2. The molecule has 2 aromatic rings. The first kappa shape index (κ1) is 19.9. The molecular weight excluding hydrogens is 369 g/mol. The van der Waals surface area contributed by atoms with Gasteiger partial charge in [-0.15, -0.1) is 0 Å². The van der Waals surface area contributed by atoms with E-state index in [0.29, 0.717) is 12.1 Å². The van der Waals surface area contributed by atoms with Gasteiger partial charge in [-0.2, -0.15) is 13.2 Å². The normalized spacial score (nSPS) is 18.5. The van der Waals surface area contributed by atoms with Gasteiger partial charge in [0.05, 0.1) is 23.1 Å². The SMILES string of the molecule is Cc1cc(C)c(NC(=O)C2CC2C(=O)Nc2ccccc2C(F)(F)F)c(C)c1. The average Bonchev–Trinajstić information content (AvgIpc) is 3.38. The van der Waals surface area contributed by atoms with E-state index in [1.807, 2.05) is 32.9 Å². The zero-order valence-corrected chi connectivity index (χ0v) is 15.8. The standard InChI is InChI=1S/C21H21F3N2O2/c1-11-8-12(2)18(13(3)9-11)26-20(28)15-10-14(15)19(27)25-17-7-5-4-6-16(17)21(22,23)24/h4-9,14-15H,10H2,1-3H3,(H,25,27)(H,26,28). The summed E-state index contributed by atoms with van der Waals surface area (Å²) in [5.41, 5.74) is 2.44. The van der Waals surface area contributed by atoms with Gasteiger partial charge < -0.3 is 10.6 Å². The molecule has 1 aliphatic carbocycles. The fraction of sp³-hybridized carbons (Fsp3) is 0.333. The van der Waals surface area contributed by atoms with Gasteiger partial charge in [-0.1, -0.05) is 29.8 Å². The minimum absolute atomic E-state index is 0.292. The molecule has 1 fully saturated rings. The molecule has 0 radical (unpaired) electrons. The molecule has 1 aliphatic rings. The lowest BCUT2D eigenvalue weighted by Gasteiger charge is -2.14. The second kappa shape index (κ2) is 7.30. The summed E-state index contributed by atoms with van der Waals surface area (Å²) in [6.07, 6.45) is -4.25. The van der Waals surface area contributed by atoms with E-state index in [2.05, 4.69) is 10.6 Å². The second-order valence-electron chi connectivity index (χ2n) is 7.24. The number of para-hydroxylation sites is 1. The van der Waals surface area contributed by atoms with Crippen molar-refractivity contribution in [2.24, 2.45) is 11.8 Å². The van der Waals surface area contributed by atoms with Gasteiger partial charge in [0.25, 0.3) is 0 Å². The number of benzene rings is 2. The van der Waals surface area contributed by atoms with E-state index in [-0.39, 0.29) is 11.6 Å². The summed E-state index contributed by atoms with van der Waals surface area (Å²) in [6.45, 7) is 5.74. The highest BCUT2D eigenvalue weighted by atomic mass is 19.4. The Bertz CT molecular complexity index is 914. The lowest BCUT2D eigenvalue weighted by atomic mass is 10.0. The zero-order valence-electron chi connectivity index (χ0n) is 15.8. The lowest BCUT2D eigenvalue weighted by Crippen LogP contribution is -2.22. The lowest BCUT2D eigenvalue weighted by molar-refractivity contribution is -0.137. The predicted octanol–water partition coefficient (Wildman–Crippen LogP) is 4.84. The number of amides is 2. The zero-order chi connectivity index (χ0) is 20.6. The van der Waals surface area contributed by atoms with E-state index in [9.17, 15) is 22.8 Å². The molecule has 0 saturated heterocycles. The maximum Gasteiger partial charge on any atom is 0.418 e. The number of carbonyl (C=O) groups excluding carboxylic acids is 2. The van der Waals surface area contributed by atoms with Crippen LogP contribution in [0.5, 0.6) is 0 Å². The molecule has 0 heterocycles. The van der Waals surface area contributed by atoms with Crippen molar-refractivity contribution in [3.8, 4) is 0 Å². The second-order valence-corrected chi connectivity index (χ2v) is 7.24. The largest absolute Gasteiger partial charge is 0.418 e. The molecule has 148 valence electrons. The smallest absolute Gasteiger partial charge is 0.325 e. The van der Waals surface area contributed by atoms with Crippen LogP contribution in [0.3, 0.4) is 0 Å². The van der Waals surface area contributed by atoms with Crippen molar-refractivity contribution in [1.29, 1.82) is 0 Å². The highest BCUT2D eigenvalue weighted by molar-refractivity contribution is 6.04. The van der Waals surface area contributed by atoms with Crippen LogP contribution in [0.25, 0.3) is 0 Å². The van der Waals surface area contributed by atoms with Crippen molar-refractivity contribution in [2.75, 3.05) is 10.6 Å². The van der Waals surface area contributed by atoms with Crippen molar-refractivity contribution in [3.05, 3.63) is 58.7 Å². The van der Waals surface area contributed by atoms with Crippen LogP contribution < -0.4 is 10.6 Å². The Morgan fingerprint density at radius 2 is 1.46 bits per heavy atom. The summed E-state index contributed by atoms with van der Waals surface area (Å²) < 4.78 is 39.2. The molecular formula is C21H21F3N2O2. The Morgan fingerprint density at radius 3 is 2.04 bits per heavy atom. The van der Waals surface area contributed by atoms with Crippen molar-refractivity contribution in [2.45, 2.75) is 33.4 Å². The first-order chi connectivity index (χ1) is 13.1. The molecule has 0 bridgehead atoms. The Morgan fingerprint density at radius 1 is 0.929 bits per heavy atom. The van der Waals surface area contributed by atoms with Gasteiger partial charge in [-0.05, 0) is 50.5 Å². The maximum absolute atomic E-state index is 13.1. The van der Waals surface area contributed by atoms with E-state index in [4.69, 9.17) is 0 Å². The van der Waals surface area contributed by atoms with E-state index in [1.165, 1.54) is 18.2 Å². The van der Waals surface area contributed by atoms with Gasteiger partial charge in [-0.25, -0.2) is 0 Å². The molecule has 1 saturated carbocycles. The maximum atomic E-state index is 13.1. The van der Waals surface area contributed by atoms with Gasteiger partial charge in [-0.3, -0.25) is 9.59 Å². The van der Waals surface area contributed by atoms with Crippen molar-refractivity contribution in [3.63, 3.8) is 0 Å². The van der Waals surface area contributed by atoms with Crippen molar-refractivity contribution in [1.82, 2.24) is 0 Å². The molecule has 2 unspecified atom stereocenters. The van der Waals surface area contributed by atoms with Crippen LogP contribution in [-0.4, -0.2) is 11.8 Å². The number of carbonyl (C=O) groups is 2. The van der Waals surface area contributed by atoms with Crippen LogP contribution in [0.4, 0.5) is 24.5 Å². The Balaban J connectivity index is 1.66. The number of alkyl halides is 3. The summed E-state index contributed by atoms with van der Waals surface area (Å²) >= 11 is 0. The average molecular weight is 390 g/mol. The number of anilines is 2. The summed E-state index contributed by atoms with van der Waals surface area (Å²) in [5.74, 6) is -2.04. The van der Waals surface area contributed by atoms with Crippen LogP contribution >= 0.6 is 0 Å². The van der Waals surface area contributed by atoms with Crippen LogP contribution in [0.15, 0.2) is 36.4 Å². The van der Waals surface area contributed by atoms with Gasteiger partial charge in [0.1, 0.15) is 0 Å². The third kappa shape index (κ3) is 4.18. The number of hydrogen-bond acceptors (Lipinski definition) is 2. The third-order valence-corrected chi connectivity index (χ3v) is 4.88. The highest BCUT2D eigenvalue weighted by Crippen LogP contribution is 2.42. The molecule has 0 aliphatic heterocycles. The van der Waals surface area contributed by atoms with Crippen LogP contribution in [-0.2, 0) is 15.8 Å². The Labute approximate surface area is 161 Å². The summed E-state index contributed by atoms with van der Waals surface area (Å²) in [4.78, 5) is 24.8. The first-order valence-electron chi connectivity index (χ1n) is 8.93. The summed E-state index contributed by atoms with van der Waals surface area (Å²) in [5, 5.41) is 5.17. The highest BCUT2D eigenvalue weighted by Gasteiger charge is 2.48. The molecule has 2 amide bonds. The summed E-state index contributed by atoms with van der Waals surface area (Å²) in [6, 6.07) is 8.71. The first-order valence-corrected chi connectivity index (χ1v) is 8.93. The molecule has 4 nitrogen and oxygen atoms in total. The van der Waals surface area contributed by atoms with Gasteiger partial charge in [0, 0.05) is 5.69 Å². The Hall–Kier alpha value is -2.83. The van der Waals surface area contributed by atoms with Crippen LogP contribution in [0.2, 0.25) is 0 Å². The molecule has 28 heavy (non-hydrogen) atoms. The number of aryl methyl sites for hydroxylation is 3. The Kier molecular flexibility index (Phi) is 5.19. The van der Waals surface area contributed by atoms with Crippen LogP contribution in [0, 0.1) is 32.6 Å². The van der Waals surface area contributed by atoms with Crippen molar-refractivity contribution >= 4 is 23.2 Å². The molecule has 7 heteroatoms. The quantitative estimate of drug-likeness (QED) is 0.785. The molecule has 3 rings (SSSR count). The van der Waals surface area contributed by atoms with Gasteiger partial charge >= 0.3 is 6.18 Å². The molecule has 0 aromatic heterocycles. The third-order valence-electron chi connectivity index (χ3n) is 4.88. The molecule has 2 N–H and O–H groups in total. The van der Waals surface area contributed by atoms with Gasteiger partial charge in [0.15, 0.2) is 0 Å². The van der Waals surface area contributed by atoms with E-state index < -0.39 is 29.5 Å². The number of rotatable bonds is 4. The molecule has 2 aromatic carbocycles. The topological polar surface area (TPSA) is 58.2 Å². The summed E-state index contributed by atoms with van der Waals surface area (Å²) in [7, 11) is 0.